The molecule has 0 spiro atoms. The standard InChI is InChI=1S/C30H28N2O5/c1-3-20-21-12-19(36-16-18-8-6-5-7-9-18)10-11-25(21)31-28-22(20)15-32-26(28)13-24-23(29(32)34)17-37-27(33)14-30(24,35)4-2/h5-13,35H,3-4,14-17H2,1-2H3. The van der Waals surface area contributed by atoms with Gasteiger partial charge in [-0.25, -0.2) is 4.98 Å². The first-order chi connectivity index (χ1) is 17.9. The number of carbonyl (C=O) groups is 1. The van der Waals surface area contributed by atoms with Gasteiger partial charge in [0.25, 0.3) is 5.56 Å². The zero-order valence-electron chi connectivity index (χ0n) is 20.9. The van der Waals surface area contributed by atoms with Crippen molar-refractivity contribution in [1.82, 2.24) is 9.55 Å². The van der Waals surface area contributed by atoms with Crippen molar-refractivity contribution in [2.75, 3.05) is 0 Å². The van der Waals surface area contributed by atoms with E-state index in [4.69, 9.17) is 14.5 Å². The molecule has 4 heterocycles. The number of cyclic esters (lactones) is 1. The first kappa shape index (κ1) is 23.4. The molecule has 2 aromatic carbocycles. The Morgan fingerprint density at radius 2 is 1.89 bits per heavy atom. The number of aryl methyl sites for hydroxylation is 1. The molecule has 1 unspecified atom stereocenters. The van der Waals surface area contributed by atoms with Crippen LogP contribution < -0.4 is 10.3 Å². The highest BCUT2D eigenvalue weighted by atomic mass is 16.5. The molecule has 0 saturated heterocycles. The Kier molecular flexibility index (Phi) is 5.60. The van der Waals surface area contributed by atoms with E-state index in [9.17, 15) is 14.7 Å². The Bertz CT molecular complexity index is 1610. The van der Waals surface area contributed by atoms with Crippen molar-refractivity contribution in [2.24, 2.45) is 0 Å². The smallest absolute Gasteiger partial charge is 0.309 e. The number of fused-ring (bicyclic) bond motifs is 5. The van der Waals surface area contributed by atoms with Crippen molar-refractivity contribution < 1.29 is 19.4 Å². The predicted molar refractivity (Wildman–Crippen MR) is 139 cm³/mol. The monoisotopic (exact) mass is 496 g/mol. The van der Waals surface area contributed by atoms with Crippen LogP contribution in [0.5, 0.6) is 5.75 Å². The van der Waals surface area contributed by atoms with Gasteiger partial charge in [-0.1, -0.05) is 44.2 Å². The minimum atomic E-state index is -1.45. The number of nitrogens with zero attached hydrogens (tertiary/aromatic N) is 2. The third-order valence-electron chi connectivity index (χ3n) is 7.64. The van der Waals surface area contributed by atoms with E-state index in [0.29, 0.717) is 36.4 Å². The van der Waals surface area contributed by atoms with E-state index < -0.39 is 11.6 Å². The number of aliphatic hydroxyl groups is 1. The minimum Gasteiger partial charge on any atom is -0.489 e. The zero-order valence-corrected chi connectivity index (χ0v) is 20.9. The average molecular weight is 497 g/mol. The Morgan fingerprint density at radius 1 is 1.08 bits per heavy atom. The third kappa shape index (κ3) is 3.81. The van der Waals surface area contributed by atoms with Gasteiger partial charge in [-0.2, -0.15) is 0 Å². The number of rotatable bonds is 5. The highest BCUT2D eigenvalue weighted by molar-refractivity contribution is 5.89. The fourth-order valence-electron chi connectivity index (χ4n) is 5.57. The van der Waals surface area contributed by atoms with E-state index in [0.717, 1.165) is 45.5 Å². The van der Waals surface area contributed by atoms with Crippen LogP contribution in [-0.4, -0.2) is 20.6 Å². The van der Waals surface area contributed by atoms with E-state index in [-0.39, 0.29) is 18.6 Å². The molecule has 4 aromatic rings. The van der Waals surface area contributed by atoms with E-state index >= 15 is 0 Å². The van der Waals surface area contributed by atoms with Gasteiger partial charge in [-0.05, 0) is 53.8 Å². The highest BCUT2D eigenvalue weighted by Crippen LogP contribution is 2.41. The number of carbonyl (C=O) groups excluding carboxylic acids is 1. The molecule has 2 aliphatic rings. The lowest BCUT2D eigenvalue weighted by atomic mass is 9.85. The van der Waals surface area contributed by atoms with Crippen molar-refractivity contribution in [3.05, 3.63) is 92.8 Å². The quantitative estimate of drug-likeness (QED) is 0.358. The van der Waals surface area contributed by atoms with Gasteiger partial charge in [0.2, 0.25) is 0 Å². The molecule has 37 heavy (non-hydrogen) atoms. The lowest BCUT2D eigenvalue weighted by Crippen LogP contribution is -2.32. The van der Waals surface area contributed by atoms with Crippen LogP contribution in [0.1, 0.15) is 54.5 Å². The lowest BCUT2D eigenvalue weighted by molar-refractivity contribution is -0.149. The van der Waals surface area contributed by atoms with Crippen LogP contribution in [0.25, 0.3) is 22.3 Å². The number of hydrogen-bond acceptors (Lipinski definition) is 6. The summed E-state index contributed by atoms with van der Waals surface area (Å²) in [6, 6.07) is 17.8. The van der Waals surface area contributed by atoms with Gasteiger partial charge in [0.05, 0.1) is 35.4 Å². The summed E-state index contributed by atoms with van der Waals surface area (Å²) in [6.45, 7) is 4.63. The van der Waals surface area contributed by atoms with Crippen LogP contribution in [0.4, 0.5) is 0 Å². The number of hydrogen-bond donors (Lipinski definition) is 1. The van der Waals surface area contributed by atoms with Crippen LogP contribution in [0.15, 0.2) is 59.4 Å². The summed E-state index contributed by atoms with van der Waals surface area (Å²) >= 11 is 0. The van der Waals surface area contributed by atoms with Crippen molar-refractivity contribution in [1.29, 1.82) is 0 Å². The zero-order chi connectivity index (χ0) is 25.7. The van der Waals surface area contributed by atoms with Crippen molar-refractivity contribution in [3.8, 4) is 17.1 Å². The molecule has 0 aliphatic carbocycles. The molecule has 0 fully saturated rings. The van der Waals surface area contributed by atoms with Crippen LogP contribution in [0.3, 0.4) is 0 Å². The second-order valence-electron chi connectivity index (χ2n) is 9.76. The number of ether oxygens (including phenoxy) is 2. The van der Waals surface area contributed by atoms with Gasteiger partial charge in [0, 0.05) is 10.9 Å². The molecule has 7 nitrogen and oxygen atoms in total. The Balaban J connectivity index is 1.46. The molecule has 1 atom stereocenters. The van der Waals surface area contributed by atoms with Crippen molar-refractivity contribution >= 4 is 16.9 Å². The summed E-state index contributed by atoms with van der Waals surface area (Å²) in [5, 5.41) is 12.3. The summed E-state index contributed by atoms with van der Waals surface area (Å²) in [5.41, 5.74) is 4.57. The topological polar surface area (TPSA) is 90.6 Å². The predicted octanol–water partition coefficient (Wildman–Crippen LogP) is 4.61. The largest absolute Gasteiger partial charge is 0.489 e. The number of pyridine rings is 2. The van der Waals surface area contributed by atoms with Gasteiger partial charge in [0.1, 0.15) is 24.6 Å². The summed E-state index contributed by atoms with van der Waals surface area (Å²) in [7, 11) is 0. The molecule has 0 radical (unpaired) electrons. The molecule has 0 bridgehead atoms. The van der Waals surface area contributed by atoms with Gasteiger partial charge in [0.15, 0.2) is 0 Å². The maximum Gasteiger partial charge on any atom is 0.309 e. The maximum absolute atomic E-state index is 13.6. The van der Waals surface area contributed by atoms with Crippen molar-refractivity contribution in [2.45, 2.75) is 58.5 Å². The van der Waals surface area contributed by atoms with E-state index in [2.05, 4.69) is 6.92 Å². The van der Waals surface area contributed by atoms with E-state index in [1.54, 1.807) is 11.5 Å². The SMILES string of the molecule is CCc1c2c(nc3ccc(OCc4ccccc4)cc13)-c1cc3c(c(=O)n1C2)COC(=O)CC3(O)CC. The van der Waals surface area contributed by atoms with Gasteiger partial charge in [-0.3, -0.25) is 9.59 Å². The fraction of sp³-hybridized carbons (Fsp3) is 0.300. The number of aromatic nitrogens is 2. The van der Waals surface area contributed by atoms with E-state index in [1.165, 1.54) is 0 Å². The third-order valence-corrected chi connectivity index (χ3v) is 7.64. The molecule has 2 aliphatic heterocycles. The second-order valence-corrected chi connectivity index (χ2v) is 9.76. The van der Waals surface area contributed by atoms with Gasteiger partial charge in [-0.15, -0.1) is 0 Å². The summed E-state index contributed by atoms with van der Waals surface area (Å²) < 4.78 is 13.0. The van der Waals surface area contributed by atoms with Gasteiger partial charge >= 0.3 is 5.97 Å². The molecule has 1 N–H and O–H groups in total. The molecule has 188 valence electrons. The molecule has 0 amide bonds. The lowest BCUT2D eigenvalue weighted by Gasteiger charge is -2.26. The molecular weight excluding hydrogens is 468 g/mol. The van der Waals surface area contributed by atoms with Crippen LogP contribution in [0.2, 0.25) is 0 Å². The number of benzene rings is 2. The Morgan fingerprint density at radius 3 is 2.65 bits per heavy atom. The average Bonchev–Trinajstić information content (AvgIpc) is 3.22. The molecule has 7 heteroatoms. The molecule has 6 rings (SSSR count). The van der Waals surface area contributed by atoms with Crippen molar-refractivity contribution in [3.63, 3.8) is 0 Å². The van der Waals surface area contributed by atoms with Crippen LogP contribution in [0, 0.1) is 0 Å². The first-order valence-electron chi connectivity index (χ1n) is 12.7. The Labute approximate surface area is 214 Å². The Hall–Kier alpha value is -3.97. The normalized spacial score (nSPS) is 18.1. The summed E-state index contributed by atoms with van der Waals surface area (Å²) in [6.07, 6.45) is 0.883. The summed E-state index contributed by atoms with van der Waals surface area (Å²) in [5.74, 6) is 0.259. The second kappa shape index (κ2) is 8.85. The molecular formula is C30H28N2O5. The highest BCUT2D eigenvalue weighted by Gasteiger charge is 2.39. The number of esters is 1. The molecule has 2 aromatic heterocycles. The maximum atomic E-state index is 13.6. The first-order valence-corrected chi connectivity index (χ1v) is 12.7. The minimum absolute atomic E-state index is 0.135. The van der Waals surface area contributed by atoms with Crippen LogP contribution >= 0.6 is 0 Å². The van der Waals surface area contributed by atoms with Crippen LogP contribution in [-0.2, 0) is 41.3 Å². The molecule has 0 saturated carbocycles. The fourth-order valence-corrected chi connectivity index (χ4v) is 5.57. The van der Waals surface area contributed by atoms with E-state index in [1.807, 2.05) is 54.6 Å². The summed E-state index contributed by atoms with van der Waals surface area (Å²) in [4.78, 5) is 30.7. The van der Waals surface area contributed by atoms with Gasteiger partial charge < -0.3 is 19.1 Å².